The molecule has 2 heteroatoms. The van der Waals surface area contributed by atoms with E-state index in [2.05, 4.69) is 115 Å². The maximum absolute atomic E-state index is 3.25. The largest absolute Gasteiger partial charge is 4.00 e. The molecule has 0 saturated carbocycles. The van der Waals surface area contributed by atoms with Gasteiger partial charge in [0, 0.05) is 0 Å². The van der Waals surface area contributed by atoms with Crippen LogP contribution in [0.5, 0.6) is 0 Å². The summed E-state index contributed by atoms with van der Waals surface area (Å²) in [5, 5.41) is 5.61. The average Bonchev–Trinajstić information content (AvgIpc) is 3.46. The number of benzene rings is 3. The SMILES string of the molecule is Cc1cc2c(C(C)C)cccc2[cH-]1.Cc1cc2c(C(C)C)cccc2[cH-]1.[CH2-]C.[SiH2]=[C-]c1ccccc1.[Zr+4]. The monoisotopic (exact) mass is 580 g/mol. The molecular weight excluding hydrogens is 540 g/mol. The summed E-state index contributed by atoms with van der Waals surface area (Å²) in [4.78, 5) is 0. The first-order chi connectivity index (χ1) is 17.3. The number of aryl methyl sites for hydroxylation is 2. The number of hydrogen-bond donors (Lipinski definition) is 0. The van der Waals surface area contributed by atoms with E-state index in [9.17, 15) is 0 Å². The second-order valence-corrected chi connectivity index (χ2v) is 9.97. The number of fused-ring (bicyclic) bond motifs is 2. The molecule has 0 N–H and O–H groups in total. The van der Waals surface area contributed by atoms with Gasteiger partial charge >= 0.3 is 26.2 Å². The van der Waals surface area contributed by atoms with E-state index in [0.29, 0.717) is 11.8 Å². The van der Waals surface area contributed by atoms with Crippen molar-refractivity contribution in [1.82, 2.24) is 0 Å². The van der Waals surface area contributed by atoms with Crippen molar-refractivity contribution in [1.29, 1.82) is 0 Å². The third-order valence-corrected chi connectivity index (χ3v) is 6.49. The summed E-state index contributed by atoms with van der Waals surface area (Å²) in [5.74, 6) is 1.23. The number of hydrogen-bond acceptors (Lipinski definition) is 0. The fraction of sp³-hybridized carbons (Fsp3) is 0.257. The molecule has 0 aromatic heterocycles. The van der Waals surface area contributed by atoms with E-state index in [1.807, 2.05) is 30.3 Å². The Morgan fingerprint density at radius 2 is 1.05 bits per heavy atom. The van der Waals surface area contributed by atoms with Gasteiger partial charge in [-0.1, -0.05) is 80.7 Å². The summed E-state index contributed by atoms with van der Waals surface area (Å²) in [7, 11) is 1.73. The molecule has 0 nitrogen and oxygen atoms in total. The third-order valence-electron chi connectivity index (χ3n) is 6.08. The molecule has 0 amide bonds. The summed E-state index contributed by atoms with van der Waals surface area (Å²) in [5.41, 5.74) is 9.88. The second-order valence-electron chi connectivity index (χ2n) is 9.62. The molecule has 5 rings (SSSR count). The quantitative estimate of drug-likeness (QED) is 0.147. The summed E-state index contributed by atoms with van der Waals surface area (Å²) in [6, 6.07) is 32.3. The zero-order chi connectivity index (χ0) is 26.7. The van der Waals surface area contributed by atoms with Crippen molar-refractivity contribution in [2.24, 2.45) is 0 Å². The molecule has 0 fully saturated rings. The van der Waals surface area contributed by atoms with Crippen LogP contribution in [0.4, 0.5) is 0 Å². The zero-order valence-electron chi connectivity index (χ0n) is 23.7. The minimum Gasteiger partial charge on any atom is -0.346 e. The minimum atomic E-state index is 0. The fourth-order valence-electron chi connectivity index (χ4n) is 4.38. The molecule has 0 aliphatic heterocycles. The Bertz CT molecular complexity index is 1250. The molecule has 190 valence electrons. The van der Waals surface area contributed by atoms with Crippen LogP contribution in [-0.2, 0) is 26.2 Å². The van der Waals surface area contributed by atoms with Gasteiger partial charge in [-0.05, 0) is 11.8 Å². The topological polar surface area (TPSA) is 0 Å². The maximum Gasteiger partial charge on any atom is 4.00 e. The first-order valence-electron chi connectivity index (χ1n) is 12.9. The van der Waals surface area contributed by atoms with Crippen molar-refractivity contribution in [2.75, 3.05) is 0 Å². The van der Waals surface area contributed by atoms with Crippen LogP contribution in [-0.4, -0.2) is 15.5 Å². The smallest absolute Gasteiger partial charge is 0.346 e. The van der Waals surface area contributed by atoms with Crippen LogP contribution in [0.1, 0.15) is 74.3 Å². The molecule has 0 spiro atoms. The molecule has 0 bridgehead atoms. The zero-order valence-corrected chi connectivity index (χ0v) is 27.6. The predicted molar refractivity (Wildman–Crippen MR) is 167 cm³/mol. The normalized spacial score (nSPS) is 10.0. The number of rotatable bonds is 3. The van der Waals surface area contributed by atoms with E-state index in [1.54, 1.807) is 16.8 Å². The Balaban J connectivity index is 0.000000272. The van der Waals surface area contributed by atoms with Crippen molar-refractivity contribution >= 4 is 37.1 Å². The molecule has 5 aromatic rings. The Morgan fingerprint density at radius 1 is 0.649 bits per heavy atom. The molecule has 0 saturated heterocycles. The average molecular weight is 582 g/mol. The van der Waals surface area contributed by atoms with E-state index < -0.39 is 0 Å². The molecule has 5 aromatic carbocycles. The van der Waals surface area contributed by atoms with Gasteiger partial charge in [0.05, 0.1) is 0 Å². The van der Waals surface area contributed by atoms with Crippen LogP contribution in [0.3, 0.4) is 0 Å². The van der Waals surface area contributed by atoms with Crippen LogP contribution in [0, 0.1) is 20.8 Å². The van der Waals surface area contributed by atoms with E-state index in [0.717, 1.165) is 0 Å². The first kappa shape index (κ1) is 32.9. The minimum absolute atomic E-state index is 0. The summed E-state index contributed by atoms with van der Waals surface area (Å²) >= 11 is 0. The van der Waals surface area contributed by atoms with Gasteiger partial charge in [0.1, 0.15) is 0 Å². The predicted octanol–water partition coefficient (Wildman–Crippen LogP) is 9.17. The van der Waals surface area contributed by atoms with E-state index in [4.69, 9.17) is 0 Å². The van der Waals surface area contributed by atoms with Crippen LogP contribution >= 0.6 is 0 Å². The molecule has 0 aliphatic carbocycles. The van der Waals surface area contributed by atoms with Crippen molar-refractivity contribution < 1.29 is 26.2 Å². The van der Waals surface area contributed by atoms with Crippen molar-refractivity contribution in [2.45, 2.75) is 60.3 Å². The molecule has 0 unspecified atom stereocenters. The van der Waals surface area contributed by atoms with E-state index in [-0.39, 0.29) is 26.2 Å². The molecule has 37 heavy (non-hydrogen) atoms. The molecule has 0 aliphatic rings. The van der Waals surface area contributed by atoms with Gasteiger partial charge in [-0.25, -0.2) is 0 Å². The first-order valence-corrected chi connectivity index (χ1v) is 13.6. The second kappa shape index (κ2) is 16.6. The standard InChI is InChI=1S/2C13H15.C7H7Si.C2H5.Zr/c2*1-9(2)12-6-4-5-11-7-10(3)8-13(11)12;8-6-7-4-2-1-3-5-7;1-2;/h2*4-9H,1-3H3;1-5H,8H2;1H2,2H3;/q4*-1;+4. The van der Waals surface area contributed by atoms with Gasteiger partial charge in [0.25, 0.3) is 0 Å². The molecule has 0 atom stereocenters. The maximum atomic E-state index is 3.25. The van der Waals surface area contributed by atoms with Crippen LogP contribution in [0.15, 0.2) is 91.0 Å². The van der Waals surface area contributed by atoms with Crippen molar-refractivity contribution in [3.8, 4) is 0 Å². The van der Waals surface area contributed by atoms with Gasteiger partial charge in [0.15, 0.2) is 0 Å². The third kappa shape index (κ3) is 9.59. The Labute approximate surface area is 248 Å². The van der Waals surface area contributed by atoms with Crippen molar-refractivity contribution in [3.05, 3.63) is 126 Å². The Hall–Kier alpha value is -2.15. The summed E-state index contributed by atoms with van der Waals surface area (Å²) in [6.07, 6.45) is 0. The summed E-state index contributed by atoms with van der Waals surface area (Å²) in [6.45, 7) is 18.3. The van der Waals surface area contributed by atoms with Gasteiger partial charge in [-0.2, -0.15) is 42.4 Å². The van der Waals surface area contributed by atoms with Gasteiger partial charge in [-0.3, -0.25) is 0 Å². The fourth-order valence-corrected chi connectivity index (χ4v) is 4.62. The van der Waals surface area contributed by atoms with Crippen LogP contribution < -0.4 is 0 Å². The van der Waals surface area contributed by atoms with Gasteiger partial charge in [0.2, 0.25) is 0 Å². The summed E-state index contributed by atoms with van der Waals surface area (Å²) < 4.78 is 0. The van der Waals surface area contributed by atoms with Gasteiger partial charge < -0.3 is 6.92 Å². The van der Waals surface area contributed by atoms with Gasteiger partial charge in [-0.15, -0.1) is 81.2 Å². The van der Waals surface area contributed by atoms with Crippen molar-refractivity contribution in [3.63, 3.8) is 0 Å². The van der Waals surface area contributed by atoms with E-state index in [1.165, 1.54) is 49.4 Å². The molecular formula is C35H42SiZr. The Morgan fingerprint density at radius 3 is 1.38 bits per heavy atom. The van der Waals surface area contributed by atoms with E-state index >= 15 is 0 Å². The van der Waals surface area contributed by atoms with Crippen LogP contribution in [0.25, 0.3) is 21.5 Å². The Kier molecular flexibility index (Phi) is 14.8. The van der Waals surface area contributed by atoms with Crippen LogP contribution in [0.2, 0.25) is 0 Å². The molecule has 0 heterocycles. The molecule has 0 radical (unpaired) electrons.